The molecule has 0 aliphatic rings. The number of methoxy groups -OCH3 is 1. The van der Waals surface area contributed by atoms with Crippen LogP contribution in [0.1, 0.15) is 11.1 Å². The van der Waals surface area contributed by atoms with E-state index < -0.39 is 9.84 Å². The van der Waals surface area contributed by atoms with Crippen molar-refractivity contribution in [2.45, 2.75) is 29.7 Å². The van der Waals surface area contributed by atoms with Crippen LogP contribution >= 0.6 is 11.6 Å². The van der Waals surface area contributed by atoms with Gasteiger partial charge in [-0.2, -0.15) is 0 Å². The Morgan fingerprint density at radius 3 is 2.46 bits per heavy atom. The number of sulfone groups is 1. The van der Waals surface area contributed by atoms with Gasteiger partial charge in [0.25, 0.3) is 11.2 Å². The van der Waals surface area contributed by atoms with E-state index in [1.54, 1.807) is 23.9 Å². The third-order valence-electron chi connectivity index (χ3n) is 6.34. The summed E-state index contributed by atoms with van der Waals surface area (Å²) >= 11 is 5.97. The van der Waals surface area contributed by atoms with Crippen LogP contribution in [0.4, 0.5) is 5.82 Å². The zero-order valence-corrected chi connectivity index (χ0v) is 21.8. The Hall–Kier alpha value is -3.95. The van der Waals surface area contributed by atoms with E-state index in [1.807, 2.05) is 37.3 Å². The molecule has 0 aliphatic carbocycles. The fraction of sp³-hybridized carbons (Fsp3) is 0.148. The van der Waals surface area contributed by atoms with E-state index in [1.165, 1.54) is 34.7 Å². The number of halogens is 1. The Morgan fingerprint density at radius 2 is 1.78 bits per heavy atom. The molecule has 2 aromatic carbocycles. The minimum Gasteiger partial charge on any atom is -0.497 e. The van der Waals surface area contributed by atoms with Gasteiger partial charge in [0.05, 0.1) is 18.6 Å². The van der Waals surface area contributed by atoms with Gasteiger partial charge in [-0.3, -0.25) is 9.20 Å². The molecule has 0 aliphatic heterocycles. The van der Waals surface area contributed by atoms with Crippen molar-refractivity contribution in [3.63, 3.8) is 0 Å². The van der Waals surface area contributed by atoms with Crippen molar-refractivity contribution < 1.29 is 17.7 Å². The predicted octanol–water partition coefficient (Wildman–Crippen LogP) is 3.76. The van der Waals surface area contributed by atoms with Crippen LogP contribution in [0.5, 0.6) is 5.75 Å². The van der Waals surface area contributed by atoms with E-state index in [0.717, 1.165) is 16.9 Å². The Labute approximate surface area is 218 Å². The van der Waals surface area contributed by atoms with Gasteiger partial charge in [0.1, 0.15) is 16.0 Å². The lowest BCUT2D eigenvalue weighted by Crippen LogP contribution is -2.42. The number of benzene rings is 2. The van der Waals surface area contributed by atoms with Gasteiger partial charge in [-0.15, -0.1) is 0 Å². The molecule has 3 aromatic heterocycles. The van der Waals surface area contributed by atoms with Crippen molar-refractivity contribution in [2.75, 3.05) is 12.8 Å². The van der Waals surface area contributed by atoms with Crippen LogP contribution in [-0.4, -0.2) is 24.9 Å². The Kier molecular flexibility index (Phi) is 6.35. The van der Waals surface area contributed by atoms with Crippen LogP contribution in [0.3, 0.4) is 0 Å². The van der Waals surface area contributed by atoms with Crippen molar-refractivity contribution in [3.05, 3.63) is 99.4 Å². The van der Waals surface area contributed by atoms with Crippen molar-refractivity contribution in [2.24, 2.45) is 0 Å². The molecular weight excluding hydrogens is 512 g/mol. The van der Waals surface area contributed by atoms with Gasteiger partial charge in [-0.25, -0.2) is 13.0 Å². The molecule has 0 saturated carbocycles. The Balaban J connectivity index is 1.75. The number of nitrogens with two attached hydrogens (primary N) is 1. The molecule has 2 N–H and O–H groups in total. The average Bonchev–Trinajstić information content (AvgIpc) is 2.89. The number of fused-ring (bicyclic) bond motifs is 2. The zero-order chi connectivity index (χ0) is 26.3. The summed E-state index contributed by atoms with van der Waals surface area (Å²) in [6, 6.07) is 18.3. The number of nitrogen functional groups attached to an aromatic ring is 1. The number of rotatable bonds is 6. The van der Waals surface area contributed by atoms with Crippen molar-refractivity contribution in [3.8, 4) is 5.75 Å². The fourth-order valence-electron chi connectivity index (χ4n) is 4.30. The van der Waals surface area contributed by atoms with Crippen molar-refractivity contribution in [1.29, 1.82) is 0 Å². The molecule has 0 fully saturated rings. The number of aryl methyl sites for hydroxylation is 3. The predicted molar refractivity (Wildman–Crippen MR) is 142 cm³/mol. The summed E-state index contributed by atoms with van der Waals surface area (Å²) in [6.07, 6.45) is 2.13. The van der Waals surface area contributed by atoms with Crippen LogP contribution in [0, 0.1) is 6.92 Å². The summed E-state index contributed by atoms with van der Waals surface area (Å²) in [5.41, 5.74) is 8.74. The molecule has 5 aromatic rings. The van der Waals surface area contributed by atoms with Gasteiger partial charge in [-0.1, -0.05) is 34.8 Å². The molecular formula is C27H24ClN4O4S+. The number of hydrogen-bond donors (Lipinski definition) is 1. The number of aromatic nitrogens is 3. The number of ether oxygens (including phenoxy) is 1. The van der Waals surface area contributed by atoms with Gasteiger partial charge in [0.15, 0.2) is 0 Å². The summed E-state index contributed by atoms with van der Waals surface area (Å²) in [6.45, 7) is 2.16. The lowest BCUT2D eigenvalue weighted by molar-refractivity contribution is -0.659. The van der Waals surface area contributed by atoms with Gasteiger partial charge in [0, 0.05) is 23.2 Å². The van der Waals surface area contributed by atoms with Crippen molar-refractivity contribution >= 4 is 43.9 Å². The molecule has 8 nitrogen and oxygen atoms in total. The van der Waals surface area contributed by atoms with Crippen LogP contribution < -0.4 is 20.6 Å². The smallest absolute Gasteiger partial charge is 0.278 e. The van der Waals surface area contributed by atoms with Crippen molar-refractivity contribution in [1.82, 2.24) is 9.38 Å². The van der Waals surface area contributed by atoms with E-state index >= 15 is 0 Å². The van der Waals surface area contributed by atoms with E-state index in [9.17, 15) is 13.2 Å². The highest BCUT2D eigenvalue weighted by Gasteiger charge is 2.29. The van der Waals surface area contributed by atoms with Gasteiger partial charge in [-0.05, 0) is 61.0 Å². The van der Waals surface area contributed by atoms with Crippen LogP contribution in [0.25, 0.3) is 16.7 Å². The van der Waals surface area contributed by atoms with Crippen LogP contribution in [-0.2, 0) is 22.8 Å². The highest BCUT2D eigenvalue weighted by atomic mass is 35.5. The maximum absolute atomic E-state index is 13.7. The third-order valence-corrected chi connectivity index (χ3v) is 8.39. The summed E-state index contributed by atoms with van der Waals surface area (Å²) in [5.74, 6) is 0.731. The average molecular weight is 536 g/mol. The topological polar surface area (TPSA) is 108 Å². The monoisotopic (exact) mass is 535 g/mol. The molecule has 0 saturated heterocycles. The third kappa shape index (κ3) is 4.41. The highest BCUT2D eigenvalue weighted by Crippen LogP contribution is 2.27. The number of hydrogen-bond acceptors (Lipinski definition) is 6. The maximum Gasteiger partial charge on any atom is 0.278 e. The van der Waals surface area contributed by atoms with Crippen LogP contribution in [0.2, 0.25) is 5.02 Å². The fourth-order valence-corrected chi connectivity index (χ4v) is 5.83. The second-order valence-electron chi connectivity index (χ2n) is 8.64. The highest BCUT2D eigenvalue weighted by molar-refractivity contribution is 7.91. The Bertz CT molecular complexity index is 1820. The number of pyridine rings is 2. The van der Waals surface area contributed by atoms with E-state index in [-0.39, 0.29) is 26.6 Å². The second kappa shape index (κ2) is 9.49. The quantitative estimate of drug-likeness (QED) is 0.262. The molecule has 0 bridgehead atoms. The number of anilines is 1. The Morgan fingerprint density at radius 1 is 1.08 bits per heavy atom. The first-order valence-corrected chi connectivity index (χ1v) is 13.3. The summed E-state index contributed by atoms with van der Waals surface area (Å²) < 4.78 is 35.6. The van der Waals surface area contributed by atoms with E-state index in [4.69, 9.17) is 27.1 Å². The normalized spacial score (nSPS) is 11.8. The molecule has 0 radical (unpaired) electrons. The molecule has 37 heavy (non-hydrogen) atoms. The molecule has 5 rings (SSSR count). The van der Waals surface area contributed by atoms with Gasteiger partial charge >= 0.3 is 0 Å². The maximum atomic E-state index is 13.7. The molecule has 0 spiro atoms. The molecule has 3 heterocycles. The molecule has 0 unspecified atom stereocenters. The van der Waals surface area contributed by atoms with E-state index in [2.05, 4.69) is 0 Å². The standard InChI is InChI=1S/C27H23ClN4O4S/c1-17-4-3-14-32-25(17)30-26-22(27(32)33)16-23(37(34,35)21-11-7-19(28)8-12-21)24(29)31(26)15-13-18-5-9-20(36-2)10-6-18/h3-12,14,16,29H,13,15H2,1-2H3/p+1. The largest absolute Gasteiger partial charge is 0.497 e. The summed E-state index contributed by atoms with van der Waals surface area (Å²) in [7, 11) is -2.47. The summed E-state index contributed by atoms with van der Waals surface area (Å²) in [5, 5.41) is 0.559. The molecule has 188 valence electrons. The second-order valence-corrected chi connectivity index (χ2v) is 11.0. The minimum atomic E-state index is -4.07. The number of nitrogens with zero attached hydrogens (tertiary/aromatic N) is 3. The first-order chi connectivity index (χ1) is 17.7. The minimum absolute atomic E-state index is 0.000737. The SMILES string of the molecule is COc1ccc(CC[n+]2c(N)c(S(=O)(=O)c3ccc(Cl)cc3)cc3c(=O)n4cccc(C)c4nc32)cc1. The van der Waals surface area contributed by atoms with E-state index in [0.29, 0.717) is 29.3 Å². The molecule has 0 amide bonds. The summed E-state index contributed by atoms with van der Waals surface area (Å²) in [4.78, 5) is 18.2. The van der Waals surface area contributed by atoms with Gasteiger partial charge < -0.3 is 10.5 Å². The lowest BCUT2D eigenvalue weighted by atomic mass is 10.1. The first-order valence-electron chi connectivity index (χ1n) is 11.5. The lowest BCUT2D eigenvalue weighted by Gasteiger charge is -2.13. The van der Waals surface area contributed by atoms with Crippen LogP contribution in [0.15, 0.2) is 87.5 Å². The zero-order valence-electron chi connectivity index (χ0n) is 20.2. The van der Waals surface area contributed by atoms with Gasteiger partial charge in [0.2, 0.25) is 21.3 Å². The molecule has 10 heteroatoms. The molecule has 0 atom stereocenters. The first kappa shape index (κ1) is 24.7.